The van der Waals surface area contributed by atoms with Crippen molar-refractivity contribution in [2.24, 2.45) is 0 Å². The SMILES string of the molecule is FC(F)c1c(Cl)cccc1-c1c(Cl)cccc1Cl. The van der Waals surface area contributed by atoms with Crippen molar-refractivity contribution < 1.29 is 8.78 Å². The van der Waals surface area contributed by atoms with Gasteiger partial charge >= 0.3 is 0 Å². The maximum atomic E-state index is 13.1. The molecule has 18 heavy (non-hydrogen) atoms. The minimum atomic E-state index is -2.69. The summed E-state index contributed by atoms with van der Waals surface area (Å²) in [4.78, 5) is 0. The van der Waals surface area contributed by atoms with Gasteiger partial charge in [0.1, 0.15) is 0 Å². The highest BCUT2D eigenvalue weighted by atomic mass is 35.5. The van der Waals surface area contributed by atoms with E-state index in [9.17, 15) is 8.78 Å². The Bertz CT molecular complexity index is 562. The molecule has 0 amide bonds. The molecule has 2 aromatic carbocycles. The minimum absolute atomic E-state index is 0.00140. The number of rotatable bonds is 2. The molecule has 0 saturated carbocycles. The van der Waals surface area contributed by atoms with Crippen molar-refractivity contribution in [1.29, 1.82) is 0 Å². The number of hydrogen-bond acceptors (Lipinski definition) is 0. The van der Waals surface area contributed by atoms with E-state index in [-0.39, 0.29) is 16.1 Å². The Morgan fingerprint density at radius 3 is 1.83 bits per heavy atom. The van der Waals surface area contributed by atoms with E-state index in [1.165, 1.54) is 12.1 Å². The van der Waals surface area contributed by atoms with Gasteiger partial charge in [0, 0.05) is 21.2 Å². The highest BCUT2D eigenvalue weighted by molar-refractivity contribution is 6.39. The van der Waals surface area contributed by atoms with E-state index in [0.717, 1.165) is 0 Å². The van der Waals surface area contributed by atoms with E-state index >= 15 is 0 Å². The zero-order valence-electron chi connectivity index (χ0n) is 8.93. The topological polar surface area (TPSA) is 0 Å². The van der Waals surface area contributed by atoms with Crippen molar-refractivity contribution >= 4 is 34.8 Å². The maximum absolute atomic E-state index is 13.1. The van der Waals surface area contributed by atoms with Crippen LogP contribution in [0.3, 0.4) is 0 Å². The van der Waals surface area contributed by atoms with Crippen molar-refractivity contribution in [2.75, 3.05) is 0 Å². The summed E-state index contributed by atoms with van der Waals surface area (Å²) in [6.45, 7) is 0. The lowest BCUT2D eigenvalue weighted by atomic mass is 9.99. The van der Waals surface area contributed by atoms with Crippen LogP contribution in [0.5, 0.6) is 0 Å². The number of halogens is 5. The largest absolute Gasteiger partial charge is 0.265 e. The molecule has 0 unspecified atom stereocenters. The molecular weight excluding hydrogens is 300 g/mol. The summed E-state index contributed by atoms with van der Waals surface area (Å²) < 4.78 is 26.1. The second-order valence-electron chi connectivity index (χ2n) is 3.60. The van der Waals surface area contributed by atoms with Crippen molar-refractivity contribution in [3.63, 3.8) is 0 Å². The van der Waals surface area contributed by atoms with Crippen LogP contribution in [0.1, 0.15) is 12.0 Å². The van der Waals surface area contributed by atoms with E-state index in [1.54, 1.807) is 24.3 Å². The Labute approximate surface area is 118 Å². The van der Waals surface area contributed by atoms with E-state index in [4.69, 9.17) is 34.8 Å². The third kappa shape index (κ3) is 2.46. The van der Waals surface area contributed by atoms with Crippen LogP contribution in [0, 0.1) is 0 Å². The molecule has 2 rings (SSSR count). The number of hydrogen-bond donors (Lipinski definition) is 0. The second-order valence-corrected chi connectivity index (χ2v) is 4.82. The molecule has 0 nitrogen and oxygen atoms in total. The van der Waals surface area contributed by atoms with Gasteiger partial charge < -0.3 is 0 Å². The third-order valence-electron chi connectivity index (χ3n) is 2.50. The molecule has 0 aliphatic carbocycles. The van der Waals surface area contributed by atoms with E-state index in [1.807, 2.05) is 0 Å². The first-order valence-corrected chi connectivity index (χ1v) is 6.16. The van der Waals surface area contributed by atoms with Crippen LogP contribution in [0.25, 0.3) is 11.1 Å². The van der Waals surface area contributed by atoms with Crippen LogP contribution in [0.2, 0.25) is 15.1 Å². The fourth-order valence-corrected chi connectivity index (χ4v) is 2.59. The molecule has 0 spiro atoms. The summed E-state index contributed by atoms with van der Waals surface area (Å²) >= 11 is 17.9. The van der Waals surface area contributed by atoms with Crippen LogP contribution >= 0.6 is 34.8 Å². The fraction of sp³-hybridized carbons (Fsp3) is 0.0769. The monoisotopic (exact) mass is 306 g/mol. The van der Waals surface area contributed by atoms with Crippen LogP contribution in [0.4, 0.5) is 8.78 Å². The van der Waals surface area contributed by atoms with Crippen LogP contribution in [-0.2, 0) is 0 Å². The van der Waals surface area contributed by atoms with Crippen LogP contribution in [0.15, 0.2) is 36.4 Å². The van der Waals surface area contributed by atoms with Gasteiger partial charge in [-0.3, -0.25) is 0 Å². The molecule has 0 heterocycles. The molecule has 94 valence electrons. The molecule has 0 saturated heterocycles. The average molecular weight is 308 g/mol. The summed E-state index contributed by atoms with van der Waals surface area (Å²) in [7, 11) is 0. The third-order valence-corrected chi connectivity index (χ3v) is 3.46. The standard InChI is InChI=1S/C13H7Cl3F2/c14-8-5-2-6-9(15)11(8)7-3-1-4-10(16)12(7)13(17)18/h1-6,13H. The number of alkyl halides is 2. The van der Waals surface area contributed by atoms with Gasteiger partial charge in [-0.15, -0.1) is 0 Å². The smallest absolute Gasteiger partial charge is 0.205 e. The molecule has 0 aliphatic heterocycles. The second kappa shape index (κ2) is 5.43. The predicted molar refractivity (Wildman–Crippen MR) is 71.9 cm³/mol. The van der Waals surface area contributed by atoms with Gasteiger partial charge in [-0.25, -0.2) is 8.78 Å². The van der Waals surface area contributed by atoms with Crippen molar-refractivity contribution in [2.45, 2.75) is 6.43 Å². The van der Waals surface area contributed by atoms with E-state index in [2.05, 4.69) is 0 Å². The van der Waals surface area contributed by atoms with Crippen molar-refractivity contribution in [3.05, 3.63) is 57.0 Å². The molecule has 0 atom stereocenters. The normalized spacial score (nSPS) is 11.0. The number of benzene rings is 2. The molecule has 2 aromatic rings. The van der Waals surface area contributed by atoms with Crippen LogP contribution in [-0.4, -0.2) is 0 Å². The summed E-state index contributed by atoms with van der Waals surface area (Å²) in [5.41, 5.74) is 0.376. The first-order valence-electron chi connectivity index (χ1n) is 5.03. The van der Waals surface area contributed by atoms with Gasteiger partial charge in [0.05, 0.1) is 5.02 Å². The lowest BCUT2D eigenvalue weighted by Gasteiger charge is -2.13. The lowest BCUT2D eigenvalue weighted by molar-refractivity contribution is 0.152. The predicted octanol–water partition coefficient (Wildman–Crippen LogP) is 6.25. The molecule has 0 aromatic heterocycles. The Hall–Kier alpha value is -0.830. The summed E-state index contributed by atoms with van der Waals surface area (Å²) in [6, 6.07) is 9.37. The maximum Gasteiger partial charge on any atom is 0.265 e. The Balaban J connectivity index is 2.76. The highest BCUT2D eigenvalue weighted by Gasteiger charge is 2.20. The molecule has 5 heteroatoms. The van der Waals surface area contributed by atoms with Crippen molar-refractivity contribution in [3.8, 4) is 11.1 Å². The van der Waals surface area contributed by atoms with Gasteiger partial charge in [-0.1, -0.05) is 53.0 Å². The lowest BCUT2D eigenvalue weighted by Crippen LogP contribution is -1.93. The summed E-state index contributed by atoms with van der Waals surface area (Å²) in [5.74, 6) is 0. The van der Waals surface area contributed by atoms with Gasteiger partial charge in [0.15, 0.2) is 0 Å². The van der Waals surface area contributed by atoms with E-state index < -0.39 is 6.43 Å². The van der Waals surface area contributed by atoms with Gasteiger partial charge in [0.2, 0.25) is 0 Å². The first-order chi connectivity index (χ1) is 8.52. The molecule has 0 bridgehead atoms. The highest BCUT2D eigenvalue weighted by Crippen LogP contribution is 2.42. The first kappa shape index (κ1) is 13.6. The molecule has 0 fully saturated rings. The van der Waals surface area contributed by atoms with Gasteiger partial charge in [0.25, 0.3) is 6.43 Å². The molecular formula is C13H7Cl3F2. The Kier molecular flexibility index (Phi) is 4.10. The zero-order valence-corrected chi connectivity index (χ0v) is 11.2. The average Bonchev–Trinajstić information content (AvgIpc) is 2.28. The summed E-state index contributed by atoms with van der Waals surface area (Å²) in [5, 5.41) is 0.622. The van der Waals surface area contributed by atoms with Gasteiger partial charge in [-0.2, -0.15) is 0 Å². The fourth-order valence-electron chi connectivity index (χ4n) is 1.73. The quantitative estimate of drug-likeness (QED) is 0.615. The summed E-state index contributed by atoms with van der Waals surface area (Å²) in [6.07, 6.45) is -2.69. The van der Waals surface area contributed by atoms with Crippen LogP contribution < -0.4 is 0 Å². The van der Waals surface area contributed by atoms with Gasteiger partial charge in [-0.05, 0) is 23.8 Å². The Morgan fingerprint density at radius 1 is 0.778 bits per heavy atom. The minimum Gasteiger partial charge on any atom is -0.205 e. The van der Waals surface area contributed by atoms with Crippen molar-refractivity contribution in [1.82, 2.24) is 0 Å². The van der Waals surface area contributed by atoms with E-state index in [0.29, 0.717) is 15.6 Å². The Morgan fingerprint density at radius 2 is 1.28 bits per heavy atom. The zero-order chi connectivity index (χ0) is 13.3. The molecule has 0 radical (unpaired) electrons. The molecule has 0 aliphatic rings. The molecule has 0 N–H and O–H groups in total.